The normalized spacial score (nSPS) is 13.2. The minimum atomic E-state index is -4.65. The number of ether oxygens (including phenoxy) is 1. The largest absolute Gasteiger partial charge is 0.491 e. The average molecular weight is 329 g/mol. The van der Waals surface area contributed by atoms with Crippen molar-refractivity contribution in [3.63, 3.8) is 0 Å². The number of rotatable bonds is 4. The smallest absolute Gasteiger partial charge is 0.401 e. The minimum Gasteiger partial charge on any atom is -0.491 e. The molecule has 0 aliphatic heterocycles. The molecule has 0 bridgehead atoms. The van der Waals surface area contributed by atoms with Gasteiger partial charge in [0.25, 0.3) is 0 Å². The van der Waals surface area contributed by atoms with Gasteiger partial charge >= 0.3 is 6.18 Å². The van der Waals surface area contributed by atoms with Crippen LogP contribution in [-0.4, -0.2) is 18.6 Å². The topological polar surface area (TPSA) is 59.1 Å². The van der Waals surface area contributed by atoms with Crippen molar-refractivity contribution in [1.82, 2.24) is 0 Å². The first-order valence-electron chi connectivity index (χ1n) is 4.70. The molecule has 0 aliphatic carbocycles. The lowest BCUT2D eigenvalue weighted by atomic mass is 10.1. The number of benzene rings is 1. The molecule has 100 valence electrons. The van der Waals surface area contributed by atoms with Crippen molar-refractivity contribution in [1.29, 1.82) is 5.41 Å². The van der Waals surface area contributed by atoms with Crippen molar-refractivity contribution in [2.45, 2.75) is 6.18 Å². The van der Waals surface area contributed by atoms with Crippen molar-refractivity contribution in [2.75, 3.05) is 6.61 Å². The summed E-state index contributed by atoms with van der Waals surface area (Å²) in [6, 6.07) is 3.30. The van der Waals surface area contributed by atoms with Crippen LogP contribution in [0.25, 0.3) is 0 Å². The highest BCUT2D eigenvalue weighted by molar-refractivity contribution is 9.10. The van der Waals surface area contributed by atoms with Gasteiger partial charge in [0.1, 0.15) is 29.9 Å². The van der Waals surface area contributed by atoms with E-state index in [1.807, 2.05) is 0 Å². The lowest BCUT2D eigenvalue weighted by Crippen LogP contribution is -2.39. The van der Waals surface area contributed by atoms with E-state index in [9.17, 15) is 17.6 Å². The zero-order chi connectivity index (χ0) is 13.9. The van der Waals surface area contributed by atoms with E-state index in [-0.39, 0.29) is 10.2 Å². The first-order valence-corrected chi connectivity index (χ1v) is 5.49. The van der Waals surface area contributed by atoms with Crippen LogP contribution in [-0.2, 0) is 0 Å². The highest BCUT2D eigenvalue weighted by Gasteiger charge is 2.42. The molecule has 0 radical (unpaired) electrons. The molecule has 1 aromatic carbocycles. The van der Waals surface area contributed by atoms with Crippen LogP contribution < -0.4 is 10.5 Å². The number of nitrogens with two attached hydrogens (primary N) is 1. The standard InChI is InChI=1S/C10H9BrF4N2O/c11-7-3-5(12)1-2-8(7)18-4-6(9(16)17)10(13,14)15/h1-3,6H,4H2,(H3,16,17). The summed E-state index contributed by atoms with van der Waals surface area (Å²) in [5.74, 6) is -3.71. The fourth-order valence-corrected chi connectivity index (χ4v) is 1.59. The zero-order valence-corrected chi connectivity index (χ0v) is 10.5. The van der Waals surface area contributed by atoms with Crippen LogP contribution >= 0.6 is 15.9 Å². The maximum Gasteiger partial charge on any atom is 0.401 e. The van der Waals surface area contributed by atoms with Crippen LogP contribution in [0.2, 0.25) is 0 Å². The van der Waals surface area contributed by atoms with Gasteiger partial charge in [0.05, 0.1) is 4.47 Å². The molecule has 3 nitrogen and oxygen atoms in total. The Kier molecular flexibility index (Phi) is 4.55. The first kappa shape index (κ1) is 14.7. The fourth-order valence-electron chi connectivity index (χ4n) is 1.13. The van der Waals surface area contributed by atoms with E-state index in [2.05, 4.69) is 15.9 Å². The maximum atomic E-state index is 12.7. The Balaban J connectivity index is 2.77. The van der Waals surface area contributed by atoms with Crippen molar-refractivity contribution >= 4 is 21.8 Å². The number of nitrogens with one attached hydrogen (secondary N) is 1. The number of hydrogen-bond donors (Lipinski definition) is 2. The van der Waals surface area contributed by atoms with Gasteiger partial charge < -0.3 is 10.5 Å². The molecule has 0 saturated heterocycles. The second-order valence-corrected chi connectivity index (χ2v) is 4.29. The van der Waals surface area contributed by atoms with Crippen molar-refractivity contribution in [3.8, 4) is 5.75 Å². The van der Waals surface area contributed by atoms with Crippen molar-refractivity contribution < 1.29 is 22.3 Å². The Morgan fingerprint density at radius 1 is 1.44 bits per heavy atom. The summed E-state index contributed by atoms with van der Waals surface area (Å²) in [4.78, 5) is 0. The quantitative estimate of drug-likeness (QED) is 0.507. The predicted molar refractivity (Wildman–Crippen MR) is 61.1 cm³/mol. The number of hydrogen-bond acceptors (Lipinski definition) is 2. The molecule has 0 fully saturated rings. The average Bonchev–Trinajstić information content (AvgIpc) is 2.18. The minimum absolute atomic E-state index is 0.0481. The summed E-state index contributed by atoms with van der Waals surface area (Å²) < 4.78 is 55.2. The van der Waals surface area contributed by atoms with Gasteiger partial charge in [-0.25, -0.2) is 4.39 Å². The lowest BCUT2D eigenvalue weighted by molar-refractivity contribution is -0.162. The third kappa shape index (κ3) is 3.86. The van der Waals surface area contributed by atoms with Gasteiger partial charge in [-0.3, -0.25) is 5.41 Å². The first-order chi connectivity index (χ1) is 8.21. The molecule has 0 amide bonds. The fraction of sp³-hybridized carbons (Fsp3) is 0.300. The molecule has 1 aromatic rings. The summed E-state index contributed by atoms with van der Waals surface area (Å²) in [7, 11) is 0. The van der Waals surface area contributed by atoms with Gasteiger partial charge in [-0.2, -0.15) is 13.2 Å². The second kappa shape index (κ2) is 5.55. The molecule has 0 aliphatic rings. The molecule has 0 heterocycles. The van der Waals surface area contributed by atoms with E-state index in [4.69, 9.17) is 15.9 Å². The van der Waals surface area contributed by atoms with Crippen molar-refractivity contribution in [3.05, 3.63) is 28.5 Å². The highest BCUT2D eigenvalue weighted by Crippen LogP contribution is 2.29. The van der Waals surface area contributed by atoms with E-state index in [0.29, 0.717) is 0 Å². The Hall–Kier alpha value is -1.31. The van der Waals surface area contributed by atoms with E-state index < -0.39 is 30.4 Å². The Labute approximate surface area is 109 Å². The molecule has 1 unspecified atom stereocenters. The predicted octanol–water partition coefficient (Wildman–Crippen LogP) is 3.08. The molecule has 0 saturated carbocycles. The summed E-state index contributed by atoms with van der Waals surface area (Å²) >= 11 is 2.95. The zero-order valence-electron chi connectivity index (χ0n) is 8.89. The number of halogens is 5. The van der Waals surface area contributed by atoms with E-state index in [1.165, 1.54) is 6.07 Å². The van der Waals surface area contributed by atoms with Crippen LogP contribution in [0.5, 0.6) is 5.75 Å². The van der Waals surface area contributed by atoms with Gasteiger partial charge in [0.2, 0.25) is 0 Å². The summed E-state index contributed by atoms with van der Waals surface area (Å²) in [6.07, 6.45) is -4.65. The Morgan fingerprint density at radius 3 is 2.50 bits per heavy atom. The van der Waals surface area contributed by atoms with E-state index >= 15 is 0 Å². The third-order valence-corrected chi connectivity index (χ3v) is 2.69. The second-order valence-electron chi connectivity index (χ2n) is 3.44. The molecule has 18 heavy (non-hydrogen) atoms. The van der Waals surface area contributed by atoms with Gasteiger partial charge in [-0.1, -0.05) is 0 Å². The molecule has 1 atom stereocenters. The third-order valence-electron chi connectivity index (χ3n) is 2.07. The molecular formula is C10H9BrF4N2O. The van der Waals surface area contributed by atoms with Crippen LogP contribution in [0.4, 0.5) is 17.6 Å². The number of alkyl halides is 3. The van der Waals surface area contributed by atoms with E-state index in [1.54, 1.807) is 0 Å². The summed E-state index contributed by atoms with van der Waals surface area (Å²) in [5, 5.41) is 6.87. The molecule has 3 N–H and O–H groups in total. The van der Waals surface area contributed by atoms with Crippen LogP contribution in [0.15, 0.2) is 22.7 Å². The molecular weight excluding hydrogens is 320 g/mol. The SMILES string of the molecule is N=C(N)C(COc1ccc(F)cc1Br)C(F)(F)F. The molecule has 0 spiro atoms. The van der Waals surface area contributed by atoms with Crippen LogP contribution in [0, 0.1) is 17.1 Å². The maximum absolute atomic E-state index is 12.7. The van der Waals surface area contributed by atoms with Gasteiger partial charge in [-0.15, -0.1) is 0 Å². The van der Waals surface area contributed by atoms with Gasteiger partial charge in [0, 0.05) is 0 Å². The highest BCUT2D eigenvalue weighted by atomic mass is 79.9. The lowest BCUT2D eigenvalue weighted by Gasteiger charge is -2.19. The summed E-state index contributed by atoms with van der Waals surface area (Å²) in [6.45, 7) is -0.830. The van der Waals surface area contributed by atoms with Crippen LogP contribution in [0.1, 0.15) is 0 Å². The molecule has 1 rings (SSSR count). The monoisotopic (exact) mass is 328 g/mol. The van der Waals surface area contributed by atoms with Gasteiger partial charge in [-0.05, 0) is 34.1 Å². The van der Waals surface area contributed by atoms with Gasteiger partial charge in [0.15, 0.2) is 0 Å². The van der Waals surface area contributed by atoms with E-state index in [0.717, 1.165) is 12.1 Å². The Morgan fingerprint density at radius 2 is 2.06 bits per heavy atom. The molecule has 0 aromatic heterocycles. The van der Waals surface area contributed by atoms with Crippen LogP contribution in [0.3, 0.4) is 0 Å². The molecule has 8 heteroatoms. The number of amidine groups is 1. The Bertz CT molecular complexity index is 450. The van der Waals surface area contributed by atoms with Crippen molar-refractivity contribution in [2.24, 2.45) is 11.7 Å². The summed E-state index contributed by atoms with van der Waals surface area (Å²) in [5.41, 5.74) is 4.86.